The smallest absolute Gasteiger partial charge is 0.0648 e. The SMILES string of the molecule is OCCC1(CO)CC2CC(O)CC(C2)C1O. The van der Waals surface area contributed by atoms with Gasteiger partial charge in [-0.1, -0.05) is 0 Å². The van der Waals surface area contributed by atoms with Crippen LogP contribution >= 0.6 is 0 Å². The second kappa shape index (κ2) is 4.61. The van der Waals surface area contributed by atoms with Crippen molar-refractivity contribution in [3.63, 3.8) is 0 Å². The Morgan fingerprint density at radius 1 is 1.06 bits per heavy atom. The van der Waals surface area contributed by atoms with E-state index >= 15 is 0 Å². The molecule has 0 aromatic rings. The first-order valence-corrected chi connectivity index (χ1v) is 6.19. The van der Waals surface area contributed by atoms with Gasteiger partial charge < -0.3 is 20.4 Å². The number of fused-ring (bicyclic) bond motifs is 2. The van der Waals surface area contributed by atoms with E-state index < -0.39 is 11.5 Å². The predicted molar refractivity (Wildman–Crippen MR) is 58.7 cm³/mol. The summed E-state index contributed by atoms with van der Waals surface area (Å²) in [5.74, 6) is 0.469. The number of hydrogen-bond donors (Lipinski definition) is 4. The summed E-state index contributed by atoms with van der Waals surface area (Å²) in [4.78, 5) is 0. The fourth-order valence-corrected chi connectivity index (χ4v) is 3.78. The highest BCUT2D eigenvalue weighted by Crippen LogP contribution is 2.50. The van der Waals surface area contributed by atoms with E-state index in [1.807, 2.05) is 0 Å². The molecule has 2 bridgehead atoms. The van der Waals surface area contributed by atoms with Gasteiger partial charge in [-0.15, -0.1) is 0 Å². The standard InChI is InChI=1S/C12H22O4/c13-2-1-12(7-14)6-8-3-9(11(12)16)5-10(15)4-8/h8-11,13-16H,1-7H2. The van der Waals surface area contributed by atoms with E-state index in [0.29, 0.717) is 18.8 Å². The molecule has 5 unspecified atom stereocenters. The molecule has 0 amide bonds. The first kappa shape index (κ1) is 12.3. The minimum atomic E-state index is -0.587. The predicted octanol–water partition coefficient (Wildman–Crippen LogP) is -0.111. The van der Waals surface area contributed by atoms with Crippen molar-refractivity contribution in [2.24, 2.45) is 17.3 Å². The molecule has 5 atom stereocenters. The summed E-state index contributed by atoms with van der Waals surface area (Å²) in [7, 11) is 0. The van der Waals surface area contributed by atoms with Gasteiger partial charge in [-0.05, 0) is 43.9 Å². The molecule has 4 nitrogen and oxygen atoms in total. The lowest BCUT2D eigenvalue weighted by molar-refractivity contribution is -0.137. The molecule has 4 heteroatoms. The van der Waals surface area contributed by atoms with Crippen LogP contribution in [0.5, 0.6) is 0 Å². The Balaban J connectivity index is 2.16. The average molecular weight is 230 g/mol. The van der Waals surface area contributed by atoms with Gasteiger partial charge in [0.2, 0.25) is 0 Å². The summed E-state index contributed by atoms with van der Waals surface area (Å²) in [5, 5.41) is 38.6. The summed E-state index contributed by atoms with van der Waals surface area (Å²) in [6, 6.07) is 0. The minimum absolute atomic E-state index is 0.000383. The molecule has 2 rings (SSSR count). The molecule has 4 N–H and O–H groups in total. The summed E-state index contributed by atoms with van der Waals surface area (Å²) in [6.07, 6.45) is 2.64. The molecule has 2 saturated carbocycles. The maximum Gasteiger partial charge on any atom is 0.0648 e. The third-order valence-corrected chi connectivity index (χ3v) is 4.51. The summed E-state index contributed by atoms with van der Waals surface area (Å²) in [6.45, 7) is -0.0720. The number of hydrogen-bond acceptors (Lipinski definition) is 4. The zero-order valence-electron chi connectivity index (χ0n) is 9.55. The third-order valence-electron chi connectivity index (χ3n) is 4.51. The minimum Gasteiger partial charge on any atom is -0.396 e. The first-order valence-electron chi connectivity index (χ1n) is 6.19. The Bertz CT molecular complexity index is 243. The highest BCUT2D eigenvalue weighted by Gasteiger charge is 2.50. The van der Waals surface area contributed by atoms with E-state index in [1.165, 1.54) is 0 Å². The zero-order chi connectivity index (χ0) is 11.8. The van der Waals surface area contributed by atoms with Crippen LogP contribution in [0.25, 0.3) is 0 Å². The van der Waals surface area contributed by atoms with Crippen LogP contribution < -0.4 is 0 Å². The van der Waals surface area contributed by atoms with E-state index in [4.69, 9.17) is 5.11 Å². The van der Waals surface area contributed by atoms with Crippen molar-refractivity contribution in [2.45, 2.75) is 44.3 Å². The van der Waals surface area contributed by atoms with Gasteiger partial charge in [0.1, 0.15) is 0 Å². The Labute approximate surface area is 95.9 Å². The molecule has 0 radical (unpaired) electrons. The zero-order valence-corrected chi connectivity index (χ0v) is 9.55. The number of aliphatic hydroxyl groups excluding tert-OH is 4. The van der Waals surface area contributed by atoms with Crippen LogP contribution in [0, 0.1) is 17.3 Å². The fourth-order valence-electron chi connectivity index (χ4n) is 3.78. The molecule has 0 saturated heterocycles. The lowest BCUT2D eigenvalue weighted by Gasteiger charge is -2.51. The molecular weight excluding hydrogens is 208 g/mol. The van der Waals surface area contributed by atoms with Crippen molar-refractivity contribution >= 4 is 0 Å². The van der Waals surface area contributed by atoms with Crippen molar-refractivity contribution in [1.29, 1.82) is 0 Å². The average Bonchev–Trinajstić information content (AvgIpc) is 2.25. The summed E-state index contributed by atoms with van der Waals surface area (Å²) in [5.41, 5.74) is -0.539. The van der Waals surface area contributed by atoms with Crippen molar-refractivity contribution < 1.29 is 20.4 Å². The normalized spacial score (nSPS) is 48.0. The topological polar surface area (TPSA) is 80.9 Å². The summed E-state index contributed by atoms with van der Waals surface area (Å²) < 4.78 is 0. The molecular formula is C12H22O4. The Kier molecular flexibility index (Phi) is 3.54. The quantitative estimate of drug-likeness (QED) is 0.545. The molecule has 16 heavy (non-hydrogen) atoms. The van der Waals surface area contributed by atoms with Gasteiger partial charge in [0.15, 0.2) is 0 Å². The molecule has 2 aliphatic rings. The van der Waals surface area contributed by atoms with Crippen molar-refractivity contribution in [3.8, 4) is 0 Å². The Hall–Kier alpha value is -0.160. The van der Waals surface area contributed by atoms with Crippen LogP contribution in [0.15, 0.2) is 0 Å². The van der Waals surface area contributed by atoms with Crippen molar-refractivity contribution in [1.82, 2.24) is 0 Å². The molecule has 2 fully saturated rings. The van der Waals surface area contributed by atoms with E-state index in [-0.39, 0.29) is 25.2 Å². The fraction of sp³-hybridized carbons (Fsp3) is 1.00. The molecule has 0 aromatic carbocycles. The Morgan fingerprint density at radius 3 is 2.44 bits per heavy atom. The molecule has 0 aliphatic heterocycles. The van der Waals surface area contributed by atoms with Gasteiger partial charge >= 0.3 is 0 Å². The van der Waals surface area contributed by atoms with Gasteiger partial charge in [-0.2, -0.15) is 0 Å². The molecule has 0 heterocycles. The lowest BCUT2D eigenvalue weighted by Crippen LogP contribution is -2.52. The first-order chi connectivity index (χ1) is 7.61. The van der Waals surface area contributed by atoms with Crippen molar-refractivity contribution in [2.75, 3.05) is 13.2 Å². The number of rotatable bonds is 3. The second-order valence-corrected chi connectivity index (χ2v) is 5.63. The van der Waals surface area contributed by atoms with Gasteiger partial charge in [0, 0.05) is 12.0 Å². The monoisotopic (exact) mass is 230 g/mol. The summed E-state index contributed by atoms with van der Waals surface area (Å²) >= 11 is 0. The van der Waals surface area contributed by atoms with Gasteiger partial charge in [0.25, 0.3) is 0 Å². The van der Waals surface area contributed by atoms with Crippen LogP contribution in [-0.4, -0.2) is 45.8 Å². The van der Waals surface area contributed by atoms with Crippen LogP contribution in [-0.2, 0) is 0 Å². The molecule has 0 aromatic heterocycles. The highest BCUT2D eigenvalue weighted by molar-refractivity contribution is 5.00. The van der Waals surface area contributed by atoms with Gasteiger partial charge in [0.05, 0.1) is 18.8 Å². The molecule has 0 spiro atoms. The third kappa shape index (κ3) is 1.99. The van der Waals surface area contributed by atoms with E-state index in [1.54, 1.807) is 0 Å². The lowest BCUT2D eigenvalue weighted by atomic mass is 9.57. The highest BCUT2D eigenvalue weighted by atomic mass is 16.3. The van der Waals surface area contributed by atoms with Crippen LogP contribution in [0.3, 0.4) is 0 Å². The van der Waals surface area contributed by atoms with Crippen LogP contribution in [0.4, 0.5) is 0 Å². The van der Waals surface area contributed by atoms with Gasteiger partial charge in [-0.3, -0.25) is 0 Å². The maximum atomic E-state index is 10.3. The van der Waals surface area contributed by atoms with E-state index in [2.05, 4.69) is 0 Å². The van der Waals surface area contributed by atoms with Gasteiger partial charge in [-0.25, -0.2) is 0 Å². The van der Waals surface area contributed by atoms with Crippen LogP contribution in [0.2, 0.25) is 0 Å². The second-order valence-electron chi connectivity index (χ2n) is 5.63. The van der Waals surface area contributed by atoms with Crippen LogP contribution in [0.1, 0.15) is 32.1 Å². The molecule has 94 valence electrons. The number of aliphatic hydroxyl groups is 4. The van der Waals surface area contributed by atoms with E-state index in [0.717, 1.165) is 19.3 Å². The largest absolute Gasteiger partial charge is 0.396 e. The molecule has 2 aliphatic carbocycles. The van der Waals surface area contributed by atoms with E-state index in [9.17, 15) is 15.3 Å². The maximum absolute atomic E-state index is 10.3. The van der Waals surface area contributed by atoms with Crippen molar-refractivity contribution in [3.05, 3.63) is 0 Å². The Morgan fingerprint density at radius 2 is 1.81 bits per heavy atom.